The lowest BCUT2D eigenvalue weighted by molar-refractivity contribution is 0.275. The Labute approximate surface area is 96.4 Å². The highest BCUT2D eigenvalue weighted by Gasteiger charge is 2.14. The van der Waals surface area contributed by atoms with Gasteiger partial charge in [-0.1, -0.05) is 6.08 Å². The van der Waals surface area contributed by atoms with Crippen molar-refractivity contribution in [2.45, 2.75) is 13.0 Å². The lowest BCUT2D eigenvalue weighted by Crippen LogP contribution is -2.22. The van der Waals surface area contributed by atoms with Gasteiger partial charge in [-0.3, -0.25) is 9.89 Å². The fourth-order valence-corrected chi connectivity index (χ4v) is 1.66. The van der Waals surface area contributed by atoms with Crippen LogP contribution in [0.15, 0.2) is 23.6 Å². The molecule has 6 heteroatoms. The SMILES string of the molecule is C=CCc1c(CO)nc2c(C#N)c[nH]n2c1=O. The highest BCUT2D eigenvalue weighted by atomic mass is 16.3. The molecule has 0 unspecified atom stereocenters. The molecule has 0 saturated carbocycles. The molecule has 2 heterocycles. The molecule has 0 amide bonds. The average molecular weight is 230 g/mol. The zero-order chi connectivity index (χ0) is 12.4. The molecule has 0 spiro atoms. The number of hydrogen-bond acceptors (Lipinski definition) is 4. The van der Waals surface area contributed by atoms with Gasteiger partial charge in [-0.25, -0.2) is 9.50 Å². The number of allylic oxidation sites excluding steroid dienone is 1. The number of nitriles is 1. The van der Waals surface area contributed by atoms with Crippen LogP contribution in [-0.4, -0.2) is 19.7 Å². The molecule has 0 atom stereocenters. The Balaban J connectivity index is 2.85. The van der Waals surface area contributed by atoms with Crippen LogP contribution in [0, 0.1) is 11.3 Å². The zero-order valence-corrected chi connectivity index (χ0v) is 8.97. The predicted molar refractivity (Wildman–Crippen MR) is 60.4 cm³/mol. The van der Waals surface area contributed by atoms with Crippen LogP contribution in [0.3, 0.4) is 0 Å². The molecular weight excluding hydrogens is 220 g/mol. The number of H-pyrrole nitrogens is 1. The number of fused-ring (bicyclic) bond motifs is 1. The summed E-state index contributed by atoms with van der Waals surface area (Å²) in [7, 11) is 0. The Kier molecular flexibility index (Phi) is 2.77. The second-order valence-corrected chi connectivity index (χ2v) is 3.45. The molecule has 0 aromatic carbocycles. The van der Waals surface area contributed by atoms with Crippen LogP contribution in [0.1, 0.15) is 16.8 Å². The first-order valence-corrected chi connectivity index (χ1v) is 4.96. The Hall–Kier alpha value is -2.39. The summed E-state index contributed by atoms with van der Waals surface area (Å²) >= 11 is 0. The number of aliphatic hydroxyl groups excluding tert-OH is 1. The van der Waals surface area contributed by atoms with Gasteiger partial charge in [0, 0.05) is 11.8 Å². The smallest absolute Gasteiger partial charge is 0.276 e. The molecule has 2 N–H and O–H groups in total. The van der Waals surface area contributed by atoms with Crippen LogP contribution in [-0.2, 0) is 13.0 Å². The van der Waals surface area contributed by atoms with E-state index in [2.05, 4.69) is 16.7 Å². The van der Waals surface area contributed by atoms with Crippen molar-refractivity contribution >= 4 is 5.65 Å². The van der Waals surface area contributed by atoms with Crippen molar-refractivity contribution in [1.82, 2.24) is 14.6 Å². The van der Waals surface area contributed by atoms with E-state index in [-0.39, 0.29) is 29.1 Å². The number of nitrogens with one attached hydrogen (secondary N) is 1. The fourth-order valence-electron chi connectivity index (χ4n) is 1.66. The highest BCUT2D eigenvalue weighted by Crippen LogP contribution is 2.09. The molecule has 0 bridgehead atoms. The third kappa shape index (κ3) is 1.62. The van der Waals surface area contributed by atoms with E-state index in [1.807, 2.05) is 6.07 Å². The van der Waals surface area contributed by atoms with E-state index >= 15 is 0 Å². The summed E-state index contributed by atoms with van der Waals surface area (Å²) in [6.45, 7) is 3.21. The number of aliphatic hydroxyl groups is 1. The van der Waals surface area contributed by atoms with Crippen LogP contribution in [0.5, 0.6) is 0 Å². The average Bonchev–Trinajstić information content (AvgIpc) is 2.75. The lowest BCUT2D eigenvalue weighted by Gasteiger charge is -2.04. The first-order chi connectivity index (χ1) is 8.22. The number of aromatic nitrogens is 3. The van der Waals surface area contributed by atoms with Gasteiger partial charge < -0.3 is 5.11 Å². The molecule has 86 valence electrons. The summed E-state index contributed by atoms with van der Waals surface area (Å²) in [4.78, 5) is 16.2. The summed E-state index contributed by atoms with van der Waals surface area (Å²) in [6, 6.07) is 1.92. The number of rotatable bonds is 3. The molecule has 0 fully saturated rings. The molecule has 0 aliphatic heterocycles. The maximum Gasteiger partial charge on any atom is 0.276 e. The van der Waals surface area contributed by atoms with Crippen LogP contribution in [0.4, 0.5) is 0 Å². The first kappa shape index (κ1) is 11.1. The largest absolute Gasteiger partial charge is 0.390 e. The van der Waals surface area contributed by atoms with Crippen molar-refractivity contribution in [3.05, 3.63) is 46.0 Å². The highest BCUT2D eigenvalue weighted by molar-refractivity contribution is 5.54. The normalized spacial score (nSPS) is 10.4. The Morgan fingerprint density at radius 3 is 3.06 bits per heavy atom. The minimum atomic E-state index is -0.342. The second kappa shape index (κ2) is 4.23. The molecule has 17 heavy (non-hydrogen) atoms. The Morgan fingerprint density at radius 2 is 2.47 bits per heavy atom. The third-order valence-corrected chi connectivity index (χ3v) is 2.46. The maximum absolute atomic E-state index is 12.1. The zero-order valence-electron chi connectivity index (χ0n) is 8.97. The third-order valence-electron chi connectivity index (χ3n) is 2.46. The fraction of sp³-hybridized carbons (Fsp3) is 0.182. The van der Waals surface area contributed by atoms with E-state index in [4.69, 9.17) is 5.26 Å². The molecular formula is C11H10N4O2. The molecule has 2 aromatic heterocycles. The summed E-state index contributed by atoms with van der Waals surface area (Å²) < 4.78 is 1.19. The maximum atomic E-state index is 12.1. The second-order valence-electron chi connectivity index (χ2n) is 3.45. The van der Waals surface area contributed by atoms with E-state index < -0.39 is 0 Å². The van der Waals surface area contributed by atoms with E-state index in [1.54, 1.807) is 6.08 Å². The number of hydrogen-bond donors (Lipinski definition) is 2. The minimum absolute atomic E-state index is 0.231. The van der Waals surface area contributed by atoms with Gasteiger partial charge in [0.2, 0.25) is 0 Å². The van der Waals surface area contributed by atoms with E-state index in [1.165, 1.54) is 10.7 Å². The molecule has 2 aromatic rings. The van der Waals surface area contributed by atoms with Crippen molar-refractivity contribution in [2.75, 3.05) is 0 Å². The van der Waals surface area contributed by atoms with Gasteiger partial charge in [0.1, 0.15) is 11.6 Å². The van der Waals surface area contributed by atoms with E-state index in [0.29, 0.717) is 12.0 Å². The lowest BCUT2D eigenvalue weighted by atomic mass is 10.1. The van der Waals surface area contributed by atoms with Gasteiger partial charge >= 0.3 is 0 Å². The summed E-state index contributed by atoms with van der Waals surface area (Å²) in [5.41, 5.74) is 0.842. The van der Waals surface area contributed by atoms with Gasteiger partial charge in [-0.05, 0) is 6.42 Å². The van der Waals surface area contributed by atoms with Crippen molar-refractivity contribution in [1.29, 1.82) is 5.26 Å². The van der Waals surface area contributed by atoms with Gasteiger partial charge in [0.25, 0.3) is 5.56 Å². The summed E-state index contributed by atoms with van der Waals surface area (Å²) in [5, 5.41) is 20.7. The molecule has 2 rings (SSSR count). The minimum Gasteiger partial charge on any atom is -0.390 e. The molecule has 0 saturated heterocycles. The van der Waals surface area contributed by atoms with Crippen LogP contribution in [0.2, 0.25) is 0 Å². The molecule has 0 radical (unpaired) electrons. The predicted octanol–water partition coefficient (Wildman–Crippen LogP) is 0.115. The summed E-state index contributed by atoms with van der Waals surface area (Å²) in [6.07, 6.45) is 3.30. The van der Waals surface area contributed by atoms with Crippen molar-refractivity contribution in [3.63, 3.8) is 0 Å². The topological polar surface area (TPSA) is 94.2 Å². The standard InChI is InChI=1S/C11H10N4O2/c1-2-3-8-9(6-16)14-10-7(4-12)5-13-15(10)11(8)17/h2,5,13,16H,1,3,6H2. The van der Waals surface area contributed by atoms with Crippen LogP contribution < -0.4 is 5.56 Å². The van der Waals surface area contributed by atoms with Crippen LogP contribution in [0.25, 0.3) is 5.65 Å². The van der Waals surface area contributed by atoms with E-state index in [9.17, 15) is 9.90 Å². The first-order valence-electron chi connectivity index (χ1n) is 4.96. The van der Waals surface area contributed by atoms with Gasteiger partial charge in [0.05, 0.1) is 12.3 Å². The van der Waals surface area contributed by atoms with Crippen LogP contribution >= 0.6 is 0 Å². The molecule has 6 nitrogen and oxygen atoms in total. The number of aromatic amines is 1. The van der Waals surface area contributed by atoms with Gasteiger partial charge in [-0.2, -0.15) is 5.26 Å². The van der Waals surface area contributed by atoms with Crippen molar-refractivity contribution in [3.8, 4) is 6.07 Å². The quantitative estimate of drug-likeness (QED) is 0.732. The molecule has 0 aliphatic rings. The van der Waals surface area contributed by atoms with Crippen molar-refractivity contribution in [2.24, 2.45) is 0 Å². The number of nitrogens with zero attached hydrogens (tertiary/aromatic N) is 3. The Bertz CT molecular complexity index is 675. The van der Waals surface area contributed by atoms with Crippen molar-refractivity contribution < 1.29 is 5.11 Å². The Morgan fingerprint density at radius 1 is 1.71 bits per heavy atom. The molecule has 0 aliphatic carbocycles. The van der Waals surface area contributed by atoms with E-state index in [0.717, 1.165) is 0 Å². The summed E-state index contributed by atoms with van der Waals surface area (Å²) in [5.74, 6) is 0. The van der Waals surface area contributed by atoms with Gasteiger partial charge in [-0.15, -0.1) is 6.58 Å². The van der Waals surface area contributed by atoms with Gasteiger partial charge in [0.15, 0.2) is 5.65 Å². The monoisotopic (exact) mass is 230 g/mol.